The molecular weight excluding hydrogens is 681 g/mol. The lowest BCUT2D eigenvalue weighted by Gasteiger charge is -2.14. The molecule has 56 heavy (non-hydrogen) atoms. The zero-order chi connectivity index (χ0) is 37.0. The van der Waals surface area contributed by atoms with E-state index in [-0.39, 0.29) is 0 Å². The van der Waals surface area contributed by atoms with Crippen LogP contribution in [0, 0.1) is 0 Å². The van der Waals surface area contributed by atoms with Crippen LogP contribution in [-0.2, 0) is 0 Å². The van der Waals surface area contributed by atoms with Crippen LogP contribution in [0.15, 0.2) is 207 Å². The highest BCUT2D eigenvalue weighted by molar-refractivity contribution is 6.12. The minimum Gasteiger partial charge on any atom is -0.309 e. The molecule has 0 saturated carbocycles. The highest BCUT2D eigenvalue weighted by Crippen LogP contribution is 2.40. The molecule has 0 saturated heterocycles. The molecule has 262 valence electrons. The van der Waals surface area contributed by atoms with Crippen LogP contribution < -0.4 is 0 Å². The summed E-state index contributed by atoms with van der Waals surface area (Å²) in [5.74, 6) is 0. The minimum atomic E-state index is 1.11. The molecule has 0 aliphatic rings. The third-order valence-electron chi connectivity index (χ3n) is 11.1. The van der Waals surface area contributed by atoms with Gasteiger partial charge in [0, 0.05) is 68.8 Å². The van der Waals surface area contributed by atoms with E-state index in [0.29, 0.717) is 0 Å². The first-order valence-corrected chi connectivity index (χ1v) is 19.0. The number of para-hydroxylation sites is 2. The summed E-state index contributed by atoms with van der Waals surface area (Å²) in [5.41, 5.74) is 16.2. The van der Waals surface area contributed by atoms with Gasteiger partial charge < -0.3 is 9.13 Å². The summed E-state index contributed by atoms with van der Waals surface area (Å²) >= 11 is 0. The zero-order valence-electron chi connectivity index (χ0n) is 30.4. The molecule has 0 radical (unpaired) electrons. The van der Waals surface area contributed by atoms with Crippen LogP contribution in [-0.4, -0.2) is 19.1 Å². The number of nitrogens with zero attached hydrogens (tertiary/aromatic N) is 4. The summed E-state index contributed by atoms with van der Waals surface area (Å²) in [6, 6.07) is 65.7. The van der Waals surface area contributed by atoms with Crippen LogP contribution in [0.2, 0.25) is 0 Å². The number of benzene rings is 7. The largest absolute Gasteiger partial charge is 0.309 e. The van der Waals surface area contributed by atoms with Crippen molar-refractivity contribution in [2.75, 3.05) is 0 Å². The molecule has 4 heteroatoms. The molecule has 4 nitrogen and oxygen atoms in total. The average Bonchev–Trinajstić information content (AvgIpc) is 3.79. The van der Waals surface area contributed by atoms with E-state index in [1.807, 2.05) is 36.9 Å². The summed E-state index contributed by atoms with van der Waals surface area (Å²) in [4.78, 5) is 8.81. The summed E-state index contributed by atoms with van der Waals surface area (Å²) < 4.78 is 4.82. The minimum absolute atomic E-state index is 1.11. The van der Waals surface area contributed by atoms with Gasteiger partial charge in [-0.25, -0.2) is 0 Å². The van der Waals surface area contributed by atoms with Crippen molar-refractivity contribution in [1.29, 1.82) is 0 Å². The fraction of sp³-hybridized carbons (Fsp3) is 0. The van der Waals surface area contributed by atoms with Crippen molar-refractivity contribution in [2.45, 2.75) is 0 Å². The van der Waals surface area contributed by atoms with Crippen LogP contribution in [0.1, 0.15) is 0 Å². The van der Waals surface area contributed by atoms with Gasteiger partial charge in [0.05, 0.1) is 22.1 Å². The van der Waals surface area contributed by atoms with E-state index < -0.39 is 0 Å². The number of aromatic nitrogens is 4. The maximum atomic E-state index is 4.41. The Morgan fingerprint density at radius 3 is 1.14 bits per heavy atom. The predicted molar refractivity (Wildman–Crippen MR) is 232 cm³/mol. The smallest absolute Gasteiger partial charge is 0.0541 e. The maximum absolute atomic E-state index is 4.41. The molecule has 0 aliphatic carbocycles. The van der Waals surface area contributed by atoms with E-state index in [1.54, 1.807) is 0 Å². The van der Waals surface area contributed by atoms with Gasteiger partial charge in [0.15, 0.2) is 0 Å². The van der Waals surface area contributed by atoms with Gasteiger partial charge >= 0.3 is 0 Å². The van der Waals surface area contributed by atoms with E-state index >= 15 is 0 Å². The maximum Gasteiger partial charge on any atom is 0.0541 e. The highest BCUT2D eigenvalue weighted by Gasteiger charge is 2.18. The molecule has 11 rings (SSSR count). The van der Waals surface area contributed by atoms with E-state index in [4.69, 9.17) is 0 Å². The Bertz CT molecular complexity index is 3030. The molecule has 0 N–H and O–H groups in total. The van der Waals surface area contributed by atoms with Gasteiger partial charge in [-0.15, -0.1) is 0 Å². The molecule has 4 aromatic heterocycles. The predicted octanol–water partition coefficient (Wildman–Crippen LogP) is 13.3. The van der Waals surface area contributed by atoms with Crippen molar-refractivity contribution in [1.82, 2.24) is 19.1 Å². The highest BCUT2D eigenvalue weighted by atomic mass is 15.0. The fourth-order valence-electron chi connectivity index (χ4n) is 8.63. The summed E-state index contributed by atoms with van der Waals surface area (Å²) in [6.07, 6.45) is 7.53. The van der Waals surface area contributed by atoms with Crippen LogP contribution in [0.3, 0.4) is 0 Å². The lowest BCUT2D eigenvalue weighted by Crippen LogP contribution is -1.98. The average molecular weight is 715 g/mol. The third-order valence-corrected chi connectivity index (χ3v) is 11.1. The SMILES string of the molecule is c1cncc(-c2ccccc2-c2ccc3c(c2)c2ccccc2n3-c2cccc(-n3c4ccccc4c4cc(-c5ccccc5-c5cccnc5)ccc43)c2)c1. The Morgan fingerprint density at radius 2 is 0.696 bits per heavy atom. The molecule has 0 aliphatic heterocycles. The lowest BCUT2D eigenvalue weighted by molar-refractivity contribution is 1.13. The van der Waals surface area contributed by atoms with Gasteiger partial charge in [-0.1, -0.05) is 115 Å². The van der Waals surface area contributed by atoms with Gasteiger partial charge in [0.1, 0.15) is 0 Å². The van der Waals surface area contributed by atoms with E-state index in [0.717, 1.165) is 22.5 Å². The Morgan fingerprint density at radius 1 is 0.286 bits per heavy atom. The third kappa shape index (κ3) is 5.15. The standard InChI is InChI=1S/C52H34N4/c1-3-18-43(37-12-10-28-53-33-37)41(16-1)35-24-26-51-47(30-35)45-20-5-7-22-49(45)55(51)39-14-9-15-40(32-39)56-50-23-8-6-21-46(50)48-31-36(25-27-52(48)56)42-17-2-4-19-44(42)38-13-11-29-54-34-38/h1-34H. The van der Waals surface area contributed by atoms with Gasteiger partial charge in [-0.2, -0.15) is 0 Å². The topological polar surface area (TPSA) is 35.6 Å². The first-order chi connectivity index (χ1) is 27.8. The number of rotatable bonds is 6. The van der Waals surface area contributed by atoms with Crippen molar-refractivity contribution in [2.24, 2.45) is 0 Å². The van der Waals surface area contributed by atoms with Gasteiger partial charge in [0.25, 0.3) is 0 Å². The van der Waals surface area contributed by atoms with E-state index in [1.165, 1.54) is 77.0 Å². The Kier molecular flexibility index (Phi) is 7.46. The molecule has 7 aromatic carbocycles. The van der Waals surface area contributed by atoms with Crippen molar-refractivity contribution < 1.29 is 0 Å². The van der Waals surface area contributed by atoms with Crippen molar-refractivity contribution in [3.63, 3.8) is 0 Å². The van der Waals surface area contributed by atoms with Crippen molar-refractivity contribution >= 4 is 43.6 Å². The zero-order valence-corrected chi connectivity index (χ0v) is 30.4. The van der Waals surface area contributed by atoms with Crippen LogP contribution >= 0.6 is 0 Å². The molecule has 0 bridgehead atoms. The lowest BCUT2D eigenvalue weighted by atomic mass is 9.94. The van der Waals surface area contributed by atoms with Crippen molar-refractivity contribution in [3.8, 4) is 55.9 Å². The van der Waals surface area contributed by atoms with Gasteiger partial charge in [-0.3, -0.25) is 9.97 Å². The van der Waals surface area contributed by atoms with Gasteiger partial charge in [-0.05, 0) is 100 Å². The number of hydrogen-bond acceptors (Lipinski definition) is 2. The molecule has 0 atom stereocenters. The molecule has 0 spiro atoms. The fourth-order valence-corrected chi connectivity index (χ4v) is 8.63. The van der Waals surface area contributed by atoms with Crippen LogP contribution in [0.5, 0.6) is 0 Å². The number of pyridine rings is 2. The van der Waals surface area contributed by atoms with Crippen LogP contribution in [0.25, 0.3) is 99.5 Å². The molecular formula is C52H34N4. The molecule has 11 aromatic rings. The quantitative estimate of drug-likeness (QED) is 0.172. The second-order valence-corrected chi connectivity index (χ2v) is 14.3. The number of fused-ring (bicyclic) bond motifs is 6. The summed E-state index contributed by atoms with van der Waals surface area (Å²) in [6.45, 7) is 0. The van der Waals surface area contributed by atoms with Crippen LogP contribution in [0.4, 0.5) is 0 Å². The summed E-state index contributed by atoms with van der Waals surface area (Å²) in [7, 11) is 0. The second kappa shape index (κ2) is 13.1. The van der Waals surface area contributed by atoms with E-state index in [9.17, 15) is 0 Å². The first-order valence-electron chi connectivity index (χ1n) is 19.0. The Hall–Kier alpha value is -7.56. The second-order valence-electron chi connectivity index (χ2n) is 14.3. The monoisotopic (exact) mass is 714 g/mol. The van der Waals surface area contributed by atoms with Gasteiger partial charge in [0.2, 0.25) is 0 Å². The molecule has 0 unspecified atom stereocenters. The molecule has 4 heterocycles. The Labute approximate surface area is 324 Å². The molecule has 0 fully saturated rings. The number of hydrogen-bond donors (Lipinski definition) is 0. The van der Waals surface area contributed by atoms with Crippen molar-refractivity contribution in [3.05, 3.63) is 207 Å². The first kappa shape index (κ1) is 31.9. The summed E-state index contributed by atoms with van der Waals surface area (Å²) in [5, 5.41) is 4.90. The molecule has 0 amide bonds. The van der Waals surface area contributed by atoms with E-state index in [2.05, 4.69) is 189 Å². The Balaban J connectivity index is 1.06. The normalized spacial score (nSPS) is 11.6.